The van der Waals surface area contributed by atoms with E-state index in [2.05, 4.69) is 21.0 Å². The predicted molar refractivity (Wildman–Crippen MR) is 96.0 cm³/mol. The summed E-state index contributed by atoms with van der Waals surface area (Å²) in [6, 6.07) is 13.6. The summed E-state index contributed by atoms with van der Waals surface area (Å²) in [4.78, 5) is 35.5. The van der Waals surface area contributed by atoms with Crippen LogP contribution in [0.25, 0.3) is 5.52 Å². The summed E-state index contributed by atoms with van der Waals surface area (Å²) < 4.78 is 1.59. The molecule has 3 aromatic rings. The fraction of sp³-hybridized carbons (Fsp3) is 0.111. The monoisotopic (exact) mass is 351 g/mol. The smallest absolute Gasteiger partial charge is 0.272 e. The molecular formula is C18H17N5O3. The van der Waals surface area contributed by atoms with Crippen molar-refractivity contribution >= 4 is 28.9 Å². The number of hydrogen-bond acceptors (Lipinski definition) is 4. The van der Waals surface area contributed by atoms with Crippen LogP contribution < -0.4 is 16.0 Å². The van der Waals surface area contributed by atoms with E-state index in [-0.39, 0.29) is 24.1 Å². The van der Waals surface area contributed by atoms with Gasteiger partial charge in [-0.05, 0) is 42.5 Å². The quantitative estimate of drug-likeness (QED) is 0.639. The van der Waals surface area contributed by atoms with Crippen LogP contribution in [0.2, 0.25) is 0 Å². The molecule has 3 rings (SSSR count). The van der Waals surface area contributed by atoms with Gasteiger partial charge in [-0.15, -0.1) is 0 Å². The van der Waals surface area contributed by atoms with Gasteiger partial charge in [-0.1, -0.05) is 6.07 Å². The van der Waals surface area contributed by atoms with Crippen LogP contribution in [0, 0.1) is 0 Å². The molecule has 8 heteroatoms. The minimum atomic E-state index is -0.432. The minimum Gasteiger partial charge on any atom is -0.355 e. The second-order valence-corrected chi connectivity index (χ2v) is 5.49. The molecule has 0 aliphatic heterocycles. The van der Waals surface area contributed by atoms with Crippen LogP contribution in [0.1, 0.15) is 20.8 Å². The average molecular weight is 351 g/mol. The summed E-state index contributed by atoms with van der Waals surface area (Å²) in [5.41, 5.74) is 2.05. The largest absolute Gasteiger partial charge is 0.355 e. The third kappa shape index (κ3) is 3.86. The zero-order valence-electron chi connectivity index (χ0n) is 14.0. The van der Waals surface area contributed by atoms with Crippen LogP contribution >= 0.6 is 0 Å². The van der Waals surface area contributed by atoms with E-state index in [4.69, 9.17) is 0 Å². The Morgan fingerprint density at radius 1 is 1.04 bits per heavy atom. The van der Waals surface area contributed by atoms with Crippen molar-refractivity contribution < 1.29 is 14.4 Å². The highest BCUT2D eigenvalue weighted by Gasteiger charge is 2.12. The number of carbonyl (C=O) groups excluding carboxylic acids is 3. The molecule has 0 bridgehead atoms. The Kier molecular flexibility index (Phi) is 4.93. The van der Waals surface area contributed by atoms with Crippen molar-refractivity contribution in [3.63, 3.8) is 0 Å². The third-order valence-corrected chi connectivity index (χ3v) is 3.67. The Balaban J connectivity index is 1.55. The maximum Gasteiger partial charge on any atom is 0.272 e. The summed E-state index contributed by atoms with van der Waals surface area (Å²) >= 11 is 0. The van der Waals surface area contributed by atoms with Crippen molar-refractivity contribution in [3.05, 3.63) is 66.0 Å². The van der Waals surface area contributed by atoms with Crippen LogP contribution in [0.15, 0.2) is 54.7 Å². The van der Waals surface area contributed by atoms with Crippen molar-refractivity contribution in [2.75, 3.05) is 18.9 Å². The van der Waals surface area contributed by atoms with E-state index in [1.165, 1.54) is 0 Å². The number of fused-ring (bicyclic) bond motifs is 1. The fourth-order valence-electron chi connectivity index (χ4n) is 2.35. The van der Waals surface area contributed by atoms with Gasteiger partial charge in [0.1, 0.15) is 0 Å². The van der Waals surface area contributed by atoms with Gasteiger partial charge in [-0.25, -0.2) is 4.52 Å². The molecule has 2 heterocycles. The maximum absolute atomic E-state index is 12.1. The SMILES string of the molecule is CNC(=O)c1ccc(NC(=O)CNC(=O)c2cc3ccccn3n2)cc1. The Morgan fingerprint density at radius 3 is 2.50 bits per heavy atom. The van der Waals surface area contributed by atoms with Crippen molar-refractivity contribution in [2.45, 2.75) is 0 Å². The van der Waals surface area contributed by atoms with E-state index >= 15 is 0 Å². The highest BCUT2D eigenvalue weighted by Crippen LogP contribution is 2.09. The molecule has 0 aliphatic rings. The highest BCUT2D eigenvalue weighted by atomic mass is 16.2. The number of nitrogens with zero attached hydrogens (tertiary/aromatic N) is 2. The summed E-state index contributed by atoms with van der Waals surface area (Å²) in [6.45, 7) is -0.191. The van der Waals surface area contributed by atoms with E-state index < -0.39 is 5.91 Å². The number of nitrogens with one attached hydrogen (secondary N) is 3. The lowest BCUT2D eigenvalue weighted by Gasteiger charge is -2.07. The summed E-state index contributed by atoms with van der Waals surface area (Å²) in [6.07, 6.45) is 1.74. The molecule has 8 nitrogen and oxygen atoms in total. The maximum atomic E-state index is 12.1. The highest BCUT2D eigenvalue weighted by molar-refractivity contribution is 5.99. The number of hydrogen-bond donors (Lipinski definition) is 3. The Hall–Kier alpha value is -3.68. The number of aromatic nitrogens is 2. The molecule has 26 heavy (non-hydrogen) atoms. The number of amides is 3. The predicted octanol–water partition coefficient (Wildman–Crippen LogP) is 1.06. The van der Waals surface area contributed by atoms with Crippen LogP contribution in [0.5, 0.6) is 0 Å². The topological polar surface area (TPSA) is 105 Å². The first-order valence-electron chi connectivity index (χ1n) is 7.91. The van der Waals surface area contributed by atoms with Gasteiger partial charge in [0.2, 0.25) is 5.91 Å². The van der Waals surface area contributed by atoms with Gasteiger partial charge in [-0.3, -0.25) is 14.4 Å². The van der Waals surface area contributed by atoms with Gasteiger partial charge in [0, 0.05) is 24.5 Å². The van der Waals surface area contributed by atoms with E-state index in [1.807, 2.05) is 18.2 Å². The molecule has 0 saturated heterocycles. The zero-order chi connectivity index (χ0) is 18.5. The molecule has 0 aliphatic carbocycles. The molecule has 0 saturated carbocycles. The lowest BCUT2D eigenvalue weighted by atomic mass is 10.2. The van der Waals surface area contributed by atoms with E-state index in [0.29, 0.717) is 11.3 Å². The summed E-state index contributed by atoms with van der Waals surface area (Å²) in [5.74, 6) is -1.02. The molecule has 0 radical (unpaired) electrons. The standard InChI is InChI=1S/C18H17N5O3/c1-19-17(25)12-5-7-13(8-6-12)21-16(24)11-20-18(26)15-10-14-4-2-3-9-23(14)22-15/h2-10H,11H2,1H3,(H,19,25)(H,20,26)(H,21,24). The van der Waals surface area contributed by atoms with Crippen molar-refractivity contribution in [3.8, 4) is 0 Å². The normalized spacial score (nSPS) is 10.3. The van der Waals surface area contributed by atoms with Crippen LogP contribution in [0.3, 0.4) is 0 Å². The first-order valence-corrected chi connectivity index (χ1v) is 7.91. The molecule has 0 spiro atoms. The van der Waals surface area contributed by atoms with Crippen LogP contribution in [-0.2, 0) is 4.79 Å². The number of pyridine rings is 1. The number of anilines is 1. The molecule has 2 aromatic heterocycles. The first kappa shape index (κ1) is 17.2. The molecule has 0 atom stereocenters. The average Bonchev–Trinajstić information content (AvgIpc) is 3.10. The van der Waals surface area contributed by atoms with Gasteiger partial charge < -0.3 is 16.0 Å². The number of carbonyl (C=O) groups is 3. The Bertz CT molecular complexity index is 929. The number of rotatable bonds is 5. The van der Waals surface area contributed by atoms with Gasteiger partial charge in [0.25, 0.3) is 11.8 Å². The fourth-order valence-corrected chi connectivity index (χ4v) is 2.35. The second kappa shape index (κ2) is 7.47. The van der Waals surface area contributed by atoms with Gasteiger partial charge >= 0.3 is 0 Å². The first-order chi connectivity index (χ1) is 12.6. The van der Waals surface area contributed by atoms with Gasteiger partial charge in [0.05, 0.1) is 12.1 Å². The van der Waals surface area contributed by atoms with Crippen LogP contribution in [-0.4, -0.2) is 40.9 Å². The van der Waals surface area contributed by atoms with Crippen LogP contribution in [0.4, 0.5) is 5.69 Å². The third-order valence-electron chi connectivity index (χ3n) is 3.67. The van der Waals surface area contributed by atoms with E-state index in [9.17, 15) is 14.4 Å². The summed E-state index contributed by atoms with van der Waals surface area (Å²) in [7, 11) is 1.55. The van der Waals surface area contributed by atoms with Crippen molar-refractivity contribution in [1.82, 2.24) is 20.2 Å². The Morgan fingerprint density at radius 2 is 1.81 bits per heavy atom. The second-order valence-electron chi connectivity index (χ2n) is 5.49. The molecule has 3 amide bonds. The number of benzene rings is 1. The van der Waals surface area contributed by atoms with E-state index in [0.717, 1.165) is 5.52 Å². The molecule has 132 valence electrons. The lowest BCUT2D eigenvalue weighted by molar-refractivity contribution is -0.115. The van der Waals surface area contributed by atoms with E-state index in [1.54, 1.807) is 48.1 Å². The molecular weight excluding hydrogens is 334 g/mol. The molecule has 3 N–H and O–H groups in total. The van der Waals surface area contributed by atoms with Gasteiger partial charge in [0.15, 0.2) is 5.69 Å². The van der Waals surface area contributed by atoms with Gasteiger partial charge in [-0.2, -0.15) is 5.10 Å². The summed E-state index contributed by atoms with van der Waals surface area (Å²) in [5, 5.41) is 11.8. The zero-order valence-corrected chi connectivity index (χ0v) is 14.0. The minimum absolute atomic E-state index is 0.191. The lowest BCUT2D eigenvalue weighted by Crippen LogP contribution is -2.33. The Labute approximate surface area is 149 Å². The molecule has 0 unspecified atom stereocenters. The molecule has 0 fully saturated rings. The van der Waals surface area contributed by atoms with Crippen molar-refractivity contribution in [2.24, 2.45) is 0 Å². The van der Waals surface area contributed by atoms with Crippen molar-refractivity contribution in [1.29, 1.82) is 0 Å². The molecule has 1 aromatic carbocycles.